The third-order valence-electron chi connectivity index (χ3n) is 3.59. The molecule has 3 heterocycles. The number of hydrogen-bond donors (Lipinski definition) is 1. The summed E-state index contributed by atoms with van der Waals surface area (Å²) in [7, 11) is 0. The Morgan fingerprint density at radius 1 is 1.24 bits per heavy atom. The summed E-state index contributed by atoms with van der Waals surface area (Å²) >= 11 is 6.35. The minimum absolute atomic E-state index is 0.153. The van der Waals surface area contributed by atoms with Crippen LogP contribution in [0.4, 0.5) is 11.6 Å². The number of carbonyl (C=O) groups excluding carboxylic acids is 1. The van der Waals surface area contributed by atoms with Crippen LogP contribution in [0.5, 0.6) is 0 Å². The first-order chi connectivity index (χ1) is 10.1. The highest BCUT2D eigenvalue weighted by Gasteiger charge is 2.15. The lowest BCUT2D eigenvalue weighted by molar-refractivity contribution is -0.114. The van der Waals surface area contributed by atoms with Gasteiger partial charge in [-0.15, -0.1) is 0 Å². The van der Waals surface area contributed by atoms with Crippen molar-refractivity contribution in [3.63, 3.8) is 0 Å². The van der Waals surface area contributed by atoms with Crippen LogP contribution in [-0.4, -0.2) is 29.0 Å². The highest BCUT2D eigenvalue weighted by atomic mass is 35.5. The number of anilines is 2. The molecule has 0 atom stereocenters. The third-order valence-corrected chi connectivity index (χ3v) is 3.91. The standard InChI is InChI=1S/C15H17ClN4O/c1-10(21)17-13-6-5-11-12(16)9-14(19-15(11)18-13)20-7-3-2-4-8-20/h5-6,9H,2-4,7-8H2,1H3,(H,17,18,19,21). The van der Waals surface area contributed by atoms with Crippen LogP contribution < -0.4 is 10.2 Å². The number of hydrogen-bond acceptors (Lipinski definition) is 4. The van der Waals surface area contributed by atoms with Crippen molar-refractivity contribution in [3.8, 4) is 0 Å². The van der Waals surface area contributed by atoms with E-state index in [1.807, 2.05) is 12.1 Å². The van der Waals surface area contributed by atoms with Crippen molar-refractivity contribution in [2.45, 2.75) is 26.2 Å². The van der Waals surface area contributed by atoms with Crippen LogP contribution in [0, 0.1) is 0 Å². The number of fused-ring (bicyclic) bond motifs is 1. The van der Waals surface area contributed by atoms with E-state index in [0.29, 0.717) is 16.5 Å². The van der Waals surface area contributed by atoms with E-state index in [9.17, 15) is 4.79 Å². The molecule has 1 aliphatic heterocycles. The first-order valence-electron chi connectivity index (χ1n) is 7.13. The molecule has 2 aromatic heterocycles. The van der Waals surface area contributed by atoms with Gasteiger partial charge in [0.2, 0.25) is 5.91 Å². The highest BCUT2D eigenvalue weighted by molar-refractivity contribution is 6.35. The van der Waals surface area contributed by atoms with Gasteiger partial charge in [0.05, 0.1) is 5.02 Å². The third kappa shape index (κ3) is 3.08. The van der Waals surface area contributed by atoms with Crippen molar-refractivity contribution in [2.75, 3.05) is 23.3 Å². The Kier molecular flexibility index (Phi) is 3.92. The molecule has 110 valence electrons. The van der Waals surface area contributed by atoms with Crippen LogP contribution in [-0.2, 0) is 4.79 Å². The quantitative estimate of drug-likeness (QED) is 0.925. The smallest absolute Gasteiger partial charge is 0.222 e. The van der Waals surface area contributed by atoms with Crippen molar-refractivity contribution in [2.24, 2.45) is 0 Å². The number of amides is 1. The van der Waals surface area contributed by atoms with Crippen molar-refractivity contribution < 1.29 is 4.79 Å². The summed E-state index contributed by atoms with van der Waals surface area (Å²) in [6.45, 7) is 3.46. The zero-order chi connectivity index (χ0) is 14.8. The molecular formula is C15H17ClN4O. The van der Waals surface area contributed by atoms with Gasteiger partial charge >= 0.3 is 0 Å². The van der Waals surface area contributed by atoms with E-state index in [2.05, 4.69) is 20.2 Å². The molecule has 0 unspecified atom stereocenters. The fraction of sp³-hybridized carbons (Fsp3) is 0.400. The largest absolute Gasteiger partial charge is 0.357 e. The summed E-state index contributed by atoms with van der Waals surface area (Å²) in [6, 6.07) is 5.47. The summed E-state index contributed by atoms with van der Waals surface area (Å²) in [5.41, 5.74) is 0.564. The van der Waals surface area contributed by atoms with Crippen LogP contribution in [0.1, 0.15) is 26.2 Å². The molecule has 3 rings (SSSR count). The van der Waals surface area contributed by atoms with Gasteiger partial charge in [0.15, 0.2) is 5.65 Å². The molecule has 1 amide bonds. The molecule has 6 heteroatoms. The van der Waals surface area contributed by atoms with Crippen LogP contribution >= 0.6 is 11.6 Å². The predicted octanol–water partition coefficient (Wildman–Crippen LogP) is 3.23. The topological polar surface area (TPSA) is 58.1 Å². The molecule has 0 aromatic carbocycles. The molecule has 1 aliphatic rings. The molecule has 0 radical (unpaired) electrons. The van der Waals surface area contributed by atoms with E-state index in [-0.39, 0.29) is 5.91 Å². The average molecular weight is 305 g/mol. The second-order valence-corrected chi connectivity index (χ2v) is 5.67. The number of piperidine rings is 1. The van der Waals surface area contributed by atoms with Crippen LogP contribution in [0.25, 0.3) is 11.0 Å². The number of nitrogens with one attached hydrogen (secondary N) is 1. The van der Waals surface area contributed by atoms with Crippen LogP contribution in [0.3, 0.4) is 0 Å². The number of nitrogens with zero attached hydrogens (tertiary/aromatic N) is 3. The van der Waals surface area contributed by atoms with Crippen molar-refractivity contribution in [1.29, 1.82) is 0 Å². The molecule has 21 heavy (non-hydrogen) atoms. The maximum absolute atomic E-state index is 11.1. The van der Waals surface area contributed by atoms with Gasteiger partial charge in [-0.25, -0.2) is 9.97 Å². The van der Waals surface area contributed by atoms with Gasteiger partial charge < -0.3 is 10.2 Å². The Balaban J connectivity index is 2.01. The van der Waals surface area contributed by atoms with Gasteiger partial charge in [0.1, 0.15) is 11.6 Å². The Morgan fingerprint density at radius 3 is 2.71 bits per heavy atom. The van der Waals surface area contributed by atoms with E-state index in [0.717, 1.165) is 24.3 Å². The lowest BCUT2D eigenvalue weighted by Crippen LogP contribution is -2.30. The molecule has 1 saturated heterocycles. The fourth-order valence-corrected chi connectivity index (χ4v) is 2.83. The zero-order valence-electron chi connectivity index (χ0n) is 11.9. The maximum atomic E-state index is 11.1. The summed E-state index contributed by atoms with van der Waals surface area (Å²) < 4.78 is 0. The zero-order valence-corrected chi connectivity index (χ0v) is 12.7. The summed E-state index contributed by atoms with van der Waals surface area (Å²) in [6.07, 6.45) is 3.62. The van der Waals surface area contributed by atoms with Crippen LogP contribution in [0.15, 0.2) is 18.2 Å². The van der Waals surface area contributed by atoms with Crippen molar-refractivity contribution in [3.05, 3.63) is 23.2 Å². The fourth-order valence-electron chi connectivity index (χ4n) is 2.59. The summed E-state index contributed by atoms with van der Waals surface area (Å²) in [5, 5.41) is 4.11. The molecule has 0 saturated carbocycles. The highest BCUT2D eigenvalue weighted by Crippen LogP contribution is 2.28. The summed E-state index contributed by atoms with van der Waals surface area (Å²) in [4.78, 5) is 22.3. The van der Waals surface area contributed by atoms with Gasteiger partial charge in [0, 0.05) is 31.5 Å². The lowest BCUT2D eigenvalue weighted by atomic mass is 10.1. The Labute approximate surface area is 128 Å². The van der Waals surface area contributed by atoms with E-state index in [1.54, 1.807) is 6.07 Å². The summed E-state index contributed by atoms with van der Waals surface area (Å²) in [5.74, 6) is 1.20. The monoisotopic (exact) mass is 304 g/mol. The molecule has 0 aliphatic carbocycles. The minimum atomic E-state index is -0.153. The van der Waals surface area contributed by atoms with E-state index in [4.69, 9.17) is 11.6 Å². The molecule has 0 bridgehead atoms. The molecule has 1 N–H and O–H groups in total. The molecule has 5 nitrogen and oxygen atoms in total. The number of aromatic nitrogens is 2. The number of halogens is 1. The van der Waals surface area contributed by atoms with Gasteiger partial charge in [-0.3, -0.25) is 4.79 Å². The number of carbonyl (C=O) groups is 1. The Morgan fingerprint density at radius 2 is 2.00 bits per heavy atom. The van der Waals surface area contributed by atoms with Gasteiger partial charge in [-0.1, -0.05) is 11.6 Å². The maximum Gasteiger partial charge on any atom is 0.222 e. The number of rotatable bonds is 2. The van der Waals surface area contributed by atoms with Gasteiger partial charge in [0.25, 0.3) is 0 Å². The SMILES string of the molecule is CC(=O)Nc1ccc2c(Cl)cc(N3CCCCC3)nc2n1. The van der Waals surface area contributed by atoms with Crippen molar-refractivity contribution in [1.82, 2.24) is 9.97 Å². The predicted molar refractivity (Wildman–Crippen MR) is 84.9 cm³/mol. The molecular weight excluding hydrogens is 288 g/mol. The lowest BCUT2D eigenvalue weighted by Gasteiger charge is -2.27. The normalized spacial score (nSPS) is 15.2. The van der Waals surface area contributed by atoms with E-state index < -0.39 is 0 Å². The second-order valence-electron chi connectivity index (χ2n) is 5.26. The average Bonchev–Trinajstić information content (AvgIpc) is 2.47. The second kappa shape index (κ2) is 5.85. The van der Waals surface area contributed by atoms with Gasteiger partial charge in [-0.05, 0) is 31.4 Å². The van der Waals surface area contributed by atoms with Crippen LogP contribution in [0.2, 0.25) is 5.02 Å². The van der Waals surface area contributed by atoms with E-state index in [1.165, 1.54) is 26.2 Å². The molecule has 1 fully saturated rings. The first kappa shape index (κ1) is 14.1. The Bertz CT molecular complexity index is 683. The Hall–Kier alpha value is -1.88. The van der Waals surface area contributed by atoms with Gasteiger partial charge in [-0.2, -0.15) is 0 Å². The molecule has 2 aromatic rings. The minimum Gasteiger partial charge on any atom is -0.357 e. The molecule has 0 spiro atoms. The van der Waals surface area contributed by atoms with Crippen molar-refractivity contribution >= 4 is 40.2 Å². The number of pyridine rings is 2. The first-order valence-corrected chi connectivity index (χ1v) is 7.51. The van der Waals surface area contributed by atoms with E-state index >= 15 is 0 Å².